The lowest BCUT2D eigenvalue weighted by molar-refractivity contribution is 0.0342. The molecule has 3 heterocycles. The van der Waals surface area contributed by atoms with Gasteiger partial charge in [-0.05, 0) is 103 Å². The fourth-order valence-electron chi connectivity index (χ4n) is 7.38. The van der Waals surface area contributed by atoms with Crippen LogP contribution in [0.5, 0.6) is 0 Å². The van der Waals surface area contributed by atoms with Gasteiger partial charge in [-0.15, -0.1) is 22.7 Å². The number of nitrogens with zero attached hydrogens (tertiary/aromatic N) is 3. The standard InChI is InChI=1S/C24H23F2N3O2S.C20H14F2N2O2S/c25-18-4-2-5-19(26)21(18)28-23(30)24-27-20-6-1-3-16-8-7-15(13-17(16)22(20)32-24)14-29-9-11-31-12-10-29;21-14-4-2-5-15(22)17(14)24-19(26)20-23-16-6-1-3-12-8-7-11(10-25)9-13(12)18(16)27-20/h2,4-5,7-8,13H,1,3,6,9-12,14H2,(H,28,30);2,4-5,7-10H,1,3,6H2,(H,24,26). The molecule has 0 atom stereocenters. The van der Waals surface area contributed by atoms with Crippen LogP contribution < -0.4 is 10.6 Å². The van der Waals surface area contributed by atoms with Gasteiger partial charge >= 0.3 is 0 Å². The summed E-state index contributed by atoms with van der Waals surface area (Å²) in [4.78, 5) is 49.5. The molecular weight excluding hydrogens is 803 g/mol. The van der Waals surface area contributed by atoms with Crippen LogP contribution in [0.1, 0.15) is 70.9 Å². The maximum Gasteiger partial charge on any atom is 0.284 e. The molecule has 2 amide bonds. The number of nitrogens with one attached hydrogen (secondary N) is 2. The second-order valence-electron chi connectivity index (χ2n) is 14.3. The number of morpholine rings is 1. The average molecular weight is 840 g/mol. The topological polar surface area (TPSA) is 114 Å². The molecule has 9 nitrogen and oxygen atoms in total. The predicted molar refractivity (Wildman–Crippen MR) is 219 cm³/mol. The summed E-state index contributed by atoms with van der Waals surface area (Å²) in [6, 6.07) is 18.9. The van der Waals surface area contributed by atoms with Gasteiger partial charge in [-0.1, -0.05) is 36.4 Å². The molecule has 0 bridgehead atoms. The molecule has 2 aliphatic carbocycles. The van der Waals surface area contributed by atoms with E-state index in [9.17, 15) is 31.9 Å². The highest BCUT2D eigenvalue weighted by Gasteiger charge is 2.26. The molecule has 4 aromatic carbocycles. The van der Waals surface area contributed by atoms with Crippen LogP contribution in [-0.2, 0) is 37.0 Å². The van der Waals surface area contributed by atoms with E-state index in [0.717, 1.165) is 133 Å². The zero-order valence-corrected chi connectivity index (χ0v) is 33.2. The Balaban J connectivity index is 0.000000167. The number of halogens is 4. The number of hydrogen-bond acceptors (Lipinski definition) is 9. The molecule has 15 heteroatoms. The van der Waals surface area contributed by atoms with Crippen LogP contribution in [0.2, 0.25) is 0 Å². The van der Waals surface area contributed by atoms with E-state index in [1.54, 1.807) is 12.1 Å². The first kappa shape index (κ1) is 40.2. The molecule has 2 aromatic heterocycles. The molecule has 0 unspecified atom stereocenters. The zero-order valence-electron chi connectivity index (χ0n) is 31.6. The Labute approximate surface area is 345 Å². The highest BCUT2D eigenvalue weighted by Crippen LogP contribution is 2.39. The number of amides is 2. The predicted octanol–water partition coefficient (Wildman–Crippen LogP) is 9.30. The number of thiazole rings is 2. The van der Waals surface area contributed by atoms with Crippen LogP contribution >= 0.6 is 22.7 Å². The summed E-state index contributed by atoms with van der Waals surface area (Å²) in [5.74, 6) is -4.57. The van der Waals surface area contributed by atoms with Crippen LogP contribution in [0.15, 0.2) is 72.8 Å². The highest BCUT2D eigenvalue weighted by molar-refractivity contribution is 7.17. The van der Waals surface area contributed by atoms with Gasteiger partial charge in [-0.25, -0.2) is 27.5 Å². The minimum absolute atomic E-state index is 0.131. The number of para-hydroxylation sites is 2. The quantitative estimate of drug-likeness (QED) is 0.122. The number of hydrogen-bond donors (Lipinski definition) is 2. The van der Waals surface area contributed by atoms with E-state index in [-0.39, 0.29) is 10.0 Å². The van der Waals surface area contributed by atoms with Crippen molar-refractivity contribution in [2.75, 3.05) is 36.9 Å². The first-order valence-corrected chi connectivity index (χ1v) is 20.8. The van der Waals surface area contributed by atoms with Gasteiger partial charge in [0.2, 0.25) is 0 Å². The number of aldehydes is 1. The van der Waals surface area contributed by atoms with Crippen LogP contribution in [-0.4, -0.2) is 59.3 Å². The molecule has 0 radical (unpaired) electrons. The molecule has 1 fully saturated rings. The van der Waals surface area contributed by atoms with Crippen molar-refractivity contribution < 1.29 is 36.7 Å². The normalized spacial score (nSPS) is 14.6. The maximum absolute atomic E-state index is 14.0. The summed E-state index contributed by atoms with van der Waals surface area (Å²) >= 11 is 2.45. The summed E-state index contributed by atoms with van der Waals surface area (Å²) < 4.78 is 60.9. The first-order valence-electron chi connectivity index (χ1n) is 19.2. The van der Waals surface area contributed by atoms with E-state index >= 15 is 0 Å². The molecule has 9 rings (SSSR count). The summed E-state index contributed by atoms with van der Waals surface area (Å²) in [5.41, 5.74) is 6.80. The third-order valence-electron chi connectivity index (χ3n) is 10.3. The molecule has 3 aliphatic rings. The Kier molecular flexibility index (Phi) is 12.1. The van der Waals surface area contributed by atoms with Crippen molar-refractivity contribution in [1.29, 1.82) is 0 Å². The van der Waals surface area contributed by atoms with Gasteiger partial charge in [0.1, 0.15) is 40.9 Å². The smallest absolute Gasteiger partial charge is 0.284 e. The number of fused-ring (bicyclic) bond motifs is 6. The van der Waals surface area contributed by atoms with Gasteiger partial charge < -0.3 is 15.4 Å². The van der Waals surface area contributed by atoms with E-state index < -0.39 is 46.5 Å². The van der Waals surface area contributed by atoms with E-state index in [4.69, 9.17) is 4.74 Å². The summed E-state index contributed by atoms with van der Waals surface area (Å²) in [7, 11) is 0. The summed E-state index contributed by atoms with van der Waals surface area (Å²) in [6.07, 6.45) is 5.86. The molecule has 6 aromatic rings. The van der Waals surface area contributed by atoms with E-state index in [2.05, 4.69) is 43.7 Å². The number of carbonyl (C=O) groups is 3. The number of rotatable bonds is 7. The second-order valence-corrected chi connectivity index (χ2v) is 16.3. The summed E-state index contributed by atoms with van der Waals surface area (Å²) in [5, 5.41) is 4.96. The second kappa shape index (κ2) is 17.7. The lowest BCUT2D eigenvalue weighted by Gasteiger charge is -2.26. The Morgan fingerprint density at radius 3 is 1.68 bits per heavy atom. The third kappa shape index (κ3) is 8.88. The van der Waals surface area contributed by atoms with E-state index in [1.807, 2.05) is 6.07 Å². The van der Waals surface area contributed by atoms with Crippen molar-refractivity contribution in [2.45, 2.75) is 45.1 Å². The number of aryl methyl sites for hydroxylation is 4. The molecule has 0 saturated carbocycles. The fraction of sp³-hybridized carbons (Fsp3) is 0.250. The first-order chi connectivity index (χ1) is 28.6. The van der Waals surface area contributed by atoms with Gasteiger partial charge in [0.15, 0.2) is 10.0 Å². The SMILES string of the molecule is O=C(Nc1c(F)cccc1F)c1nc2c(s1)-c1cc(CN3CCOCC3)ccc1CCC2.O=Cc1ccc2c(c1)-c1sc(C(=O)Nc3c(F)cccc3F)nc1CCC2. The zero-order chi connectivity index (χ0) is 41.0. The number of carbonyl (C=O) groups excluding carboxylic acids is 3. The van der Waals surface area contributed by atoms with Crippen LogP contribution in [0, 0.1) is 23.3 Å². The minimum atomic E-state index is -0.845. The number of benzene rings is 4. The Hall–Kier alpha value is -5.61. The largest absolute Gasteiger partial charge is 0.379 e. The summed E-state index contributed by atoms with van der Waals surface area (Å²) in [6.45, 7) is 4.19. The molecule has 0 spiro atoms. The number of aromatic nitrogens is 2. The average Bonchev–Trinajstić information content (AvgIpc) is 3.78. The monoisotopic (exact) mass is 839 g/mol. The van der Waals surface area contributed by atoms with Crippen molar-refractivity contribution in [3.05, 3.63) is 140 Å². The molecular formula is C44H37F4N5O4S2. The maximum atomic E-state index is 14.0. The van der Waals surface area contributed by atoms with E-state index in [1.165, 1.54) is 45.9 Å². The van der Waals surface area contributed by atoms with Crippen LogP contribution in [0.25, 0.3) is 20.9 Å². The third-order valence-corrected chi connectivity index (χ3v) is 12.6. The van der Waals surface area contributed by atoms with Crippen LogP contribution in [0.4, 0.5) is 28.9 Å². The van der Waals surface area contributed by atoms with Gasteiger partial charge in [-0.3, -0.25) is 19.3 Å². The van der Waals surface area contributed by atoms with E-state index in [0.29, 0.717) is 12.0 Å². The van der Waals surface area contributed by atoms with Gasteiger partial charge in [0, 0.05) is 25.2 Å². The molecule has 302 valence electrons. The Bertz CT molecular complexity index is 2530. The Morgan fingerprint density at radius 2 is 1.17 bits per heavy atom. The molecule has 2 N–H and O–H groups in total. The van der Waals surface area contributed by atoms with Gasteiger partial charge in [-0.2, -0.15) is 0 Å². The number of anilines is 2. The van der Waals surface area contributed by atoms with Crippen LogP contribution in [0.3, 0.4) is 0 Å². The molecule has 59 heavy (non-hydrogen) atoms. The lowest BCUT2D eigenvalue weighted by Crippen LogP contribution is -2.35. The molecule has 1 saturated heterocycles. The fourth-order valence-corrected chi connectivity index (χ4v) is 9.50. The minimum Gasteiger partial charge on any atom is -0.379 e. The number of ether oxygens (including phenoxy) is 1. The van der Waals surface area contributed by atoms with Gasteiger partial charge in [0.25, 0.3) is 11.8 Å². The van der Waals surface area contributed by atoms with Crippen molar-refractivity contribution in [1.82, 2.24) is 14.9 Å². The Morgan fingerprint density at radius 1 is 0.678 bits per heavy atom. The molecule has 1 aliphatic heterocycles. The lowest BCUT2D eigenvalue weighted by atomic mass is 10.0. The van der Waals surface area contributed by atoms with Crippen molar-refractivity contribution in [3.8, 4) is 20.9 Å². The van der Waals surface area contributed by atoms with Crippen molar-refractivity contribution in [2.24, 2.45) is 0 Å². The highest BCUT2D eigenvalue weighted by atomic mass is 32.1. The van der Waals surface area contributed by atoms with Crippen molar-refractivity contribution in [3.63, 3.8) is 0 Å². The van der Waals surface area contributed by atoms with Crippen molar-refractivity contribution >= 4 is 52.1 Å². The van der Waals surface area contributed by atoms with Gasteiger partial charge in [0.05, 0.1) is 34.4 Å².